The van der Waals surface area contributed by atoms with Crippen LogP contribution in [0.15, 0.2) is 41.0 Å². The first-order chi connectivity index (χ1) is 13.4. The fourth-order valence-corrected chi connectivity index (χ4v) is 4.18. The van der Waals surface area contributed by atoms with Crippen molar-refractivity contribution in [3.8, 4) is 6.07 Å². The number of fused-ring (bicyclic) bond motifs is 1. The Bertz CT molecular complexity index is 890. The van der Waals surface area contributed by atoms with Gasteiger partial charge in [-0.3, -0.25) is 4.98 Å². The topological polar surface area (TPSA) is 77.2 Å². The molecule has 2 heterocycles. The first-order valence-corrected chi connectivity index (χ1v) is 10.3. The van der Waals surface area contributed by atoms with Crippen LogP contribution < -0.4 is 0 Å². The first kappa shape index (κ1) is 20.3. The molecule has 0 saturated heterocycles. The number of amides is 1. The predicted molar refractivity (Wildman–Crippen MR) is 111 cm³/mol. The van der Waals surface area contributed by atoms with E-state index >= 15 is 0 Å². The number of rotatable bonds is 4. The van der Waals surface area contributed by atoms with E-state index in [-0.39, 0.29) is 5.92 Å². The number of hydrogen-bond donors (Lipinski definition) is 1. The monoisotopic (exact) mass is 441 g/mol. The molecule has 0 fully saturated rings. The SMILES string of the molecule is CC(C)CC1CN(C(=O)O)CCc2cc(C(C#N)c3ccc(Br)cn3)ccc21. The summed E-state index contributed by atoms with van der Waals surface area (Å²) in [5, 5.41) is 19.3. The predicted octanol–water partition coefficient (Wildman–Crippen LogP) is 5.17. The summed E-state index contributed by atoms with van der Waals surface area (Å²) in [6.07, 6.45) is 2.44. The lowest BCUT2D eigenvalue weighted by Crippen LogP contribution is -2.33. The maximum atomic E-state index is 11.6. The second-order valence-corrected chi connectivity index (χ2v) is 8.64. The number of halogens is 1. The van der Waals surface area contributed by atoms with E-state index in [2.05, 4.69) is 53.0 Å². The third-order valence-electron chi connectivity index (χ3n) is 5.23. The zero-order chi connectivity index (χ0) is 20.3. The summed E-state index contributed by atoms with van der Waals surface area (Å²) in [6, 6.07) is 12.3. The van der Waals surface area contributed by atoms with Crippen molar-refractivity contribution in [3.63, 3.8) is 0 Å². The van der Waals surface area contributed by atoms with Crippen LogP contribution in [0.3, 0.4) is 0 Å². The zero-order valence-electron chi connectivity index (χ0n) is 16.1. The highest BCUT2D eigenvalue weighted by molar-refractivity contribution is 9.10. The Hall–Kier alpha value is -2.39. The molecule has 1 N–H and O–H groups in total. The quantitative estimate of drug-likeness (QED) is 0.709. The van der Waals surface area contributed by atoms with Gasteiger partial charge in [0.1, 0.15) is 5.92 Å². The van der Waals surface area contributed by atoms with Gasteiger partial charge in [0.2, 0.25) is 0 Å². The zero-order valence-corrected chi connectivity index (χ0v) is 17.7. The van der Waals surface area contributed by atoms with Crippen molar-refractivity contribution < 1.29 is 9.90 Å². The Labute approximate surface area is 174 Å². The molecule has 0 radical (unpaired) electrons. The third kappa shape index (κ3) is 4.53. The normalized spacial score (nSPS) is 17.5. The first-order valence-electron chi connectivity index (χ1n) is 9.50. The van der Waals surface area contributed by atoms with Crippen molar-refractivity contribution in [3.05, 3.63) is 63.4 Å². The van der Waals surface area contributed by atoms with Gasteiger partial charge in [-0.1, -0.05) is 32.0 Å². The molecule has 5 nitrogen and oxygen atoms in total. The maximum Gasteiger partial charge on any atom is 0.407 e. The molecule has 2 unspecified atom stereocenters. The molecule has 1 aliphatic rings. The van der Waals surface area contributed by atoms with Crippen LogP contribution in [0.2, 0.25) is 0 Å². The van der Waals surface area contributed by atoms with Gasteiger partial charge in [-0.2, -0.15) is 5.26 Å². The smallest absolute Gasteiger partial charge is 0.407 e. The highest BCUT2D eigenvalue weighted by Crippen LogP contribution is 2.34. The maximum absolute atomic E-state index is 11.6. The Morgan fingerprint density at radius 1 is 1.39 bits per heavy atom. The van der Waals surface area contributed by atoms with Gasteiger partial charge >= 0.3 is 6.09 Å². The summed E-state index contributed by atoms with van der Waals surface area (Å²) in [5.41, 5.74) is 3.97. The molecule has 2 atom stereocenters. The number of benzene rings is 1. The number of hydrogen-bond acceptors (Lipinski definition) is 3. The molecule has 3 rings (SSSR count). The van der Waals surface area contributed by atoms with Crippen LogP contribution in [0, 0.1) is 17.2 Å². The lowest BCUT2D eigenvalue weighted by atomic mass is 9.85. The standard InChI is InChI=1S/C22H24BrN3O2/c1-14(2)9-17-13-26(22(27)28)8-7-16-10-15(3-5-19(16)17)20(11-24)21-6-4-18(23)12-25-21/h3-6,10,12,14,17,20H,7-9,13H2,1-2H3,(H,27,28). The third-order valence-corrected chi connectivity index (χ3v) is 5.70. The van der Waals surface area contributed by atoms with Crippen molar-refractivity contribution in [2.45, 2.75) is 38.5 Å². The highest BCUT2D eigenvalue weighted by Gasteiger charge is 2.27. The second kappa shape index (κ2) is 8.74. The Morgan fingerprint density at radius 2 is 2.18 bits per heavy atom. The van der Waals surface area contributed by atoms with Gasteiger partial charge in [0, 0.05) is 29.7 Å². The fourth-order valence-electron chi connectivity index (χ4n) is 3.94. The minimum Gasteiger partial charge on any atom is -0.465 e. The highest BCUT2D eigenvalue weighted by atomic mass is 79.9. The summed E-state index contributed by atoms with van der Waals surface area (Å²) in [4.78, 5) is 17.5. The summed E-state index contributed by atoms with van der Waals surface area (Å²) >= 11 is 3.38. The van der Waals surface area contributed by atoms with E-state index in [1.807, 2.05) is 18.2 Å². The number of carboxylic acid groups (broad SMARTS) is 1. The summed E-state index contributed by atoms with van der Waals surface area (Å²) < 4.78 is 0.875. The molecule has 0 aliphatic carbocycles. The average Bonchev–Trinajstić information content (AvgIpc) is 2.83. The lowest BCUT2D eigenvalue weighted by molar-refractivity contribution is 0.142. The Balaban J connectivity index is 1.97. The van der Waals surface area contributed by atoms with Crippen molar-refractivity contribution in [2.75, 3.05) is 13.1 Å². The number of carbonyl (C=O) groups is 1. The molecule has 0 spiro atoms. The summed E-state index contributed by atoms with van der Waals surface area (Å²) in [7, 11) is 0. The number of nitrogens with zero attached hydrogens (tertiary/aromatic N) is 3. The van der Waals surface area contributed by atoms with Crippen molar-refractivity contribution in [2.24, 2.45) is 5.92 Å². The molecule has 2 aromatic rings. The van der Waals surface area contributed by atoms with Crippen LogP contribution in [0.25, 0.3) is 0 Å². The molecule has 1 aromatic heterocycles. The van der Waals surface area contributed by atoms with Crippen LogP contribution in [-0.2, 0) is 6.42 Å². The molecule has 0 saturated carbocycles. The molecule has 28 heavy (non-hydrogen) atoms. The van der Waals surface area contributed by atoms with Gasteiger partial charge in [-0.15, -0.1) is 0 Å². The summed E-state index contributed by atoms with van der Waals surface area (Å²) in [6.45, 7) is 5.33. The van der Waals surface area contributed by atoms with E-state index in [0.29, 0.717) is 31.1 Å². The molecule has 146 valence electrons. The summed E-state index contributed by atoms with van der Waals surface area (Å²) in [5.74, 6) is 0.208. The average molecular weight is 442 g/mol. The Morgan fingerprint density at radius 3 is 2.79 bits per heavy atom. The van der Waals surface area contributed by atoms with Crippen LogP contribution >= 0.6 is 15.9 Å². The van der Waals surface area contributed by atoms with Crippen LogP contribution in [0.1, 0.15) is 54.5 Å². The number of nitriles is 1. The van der Waals surface area contributed by atoms with E-state index in [4.69, 9.17) is 0 Å². The van der Waals surface area contributed by atoms with Gasteiger partial charge in [-0.25, -0.2) is 4.79 Å². The molecule has 6 heteroatoms. The van der Waals surface area contributed by atoms with Crippen LogP contribution in [0.5, 0.6) is 0 Å². The van der Waals surface area contributed by atoms with E-state index in [1.54, 1.807) is 6.20 Å². The number of aromatic nitrogens is 1. The van der Waals surface area contributed by atoms with Gasteiger partial charge in [-0.05, 0) is 63.5 Å². The van der Waals surface area contributed by atoms with Gasteiger partial charge < -0.3 is 10.0 Å². The molecule has 1 amide bonds. The number of pyridine rings is 1. The minimum absolute atomic E-state index is 0.175. The largest absolute Gasteiger partial charge is 0.465 e. The van der Waals surface area contributed by atoms with Gasteiger partial charge in [0.05, 0.1) is 11.8 Å². The lowest BCUT2D eigenvalue weighted by Gasteiger charge is -2.24. The van der Waals surface area contributed by atoms with E-state index < -0.39 is 12.0 Å². The molecule has 1 aliphatic heterocycles. The fraction of sp³-hybridized carbons (Fsp3) is 0.409. The Kier molecular flexibility index (Phi) is 6.35. The molecule has 1 aromatic carbocycles. The van der Waals surface area contributed by atoms with E-state index in [1.165, 1.54) is 10.5 Å². The van der Waals surface area contributed by atoms with Crippen molar-refractivity contribution >= 4 is 22.0 Å². The molecule has 0 bridgehead atoms. The van der Waals surface area contributed by atoms with Crippen LogP contribution in [-0.4, -0.2) is 34.2 Å². The second-order valence-electron chi connectivity index (χ2n) is 7.73. The molecular formula is C22H24BrN3O2. The van der Waals surface area contributed by atoms with E-state index in [9.17, 15) is 15.2 Å². The van der Waals surface area contributed by atoms with Gasteiger partial charge in [0.25, 0.3) is 0 Å². The van der Waals surface area contributed by atoms with Crippen molar-refractivity contribution in [1.29, 1.82) is 5.26 Å². The van der Waals surface area contributed by atoms with Crippen LogP contribution in [0.4, 0.5) is 4.79 Å². The minimum atomic E-state index is -0.865. The van der Waals surface area contributed by atoms with Gasteiger partial charge in [0.15, 0.2) is 0 Å². The van der Waals surface area contributed by atoms with Crippen molar-refractivity contribution in [1.82, 2.24) is 9.88 Å². The molecular weight excluding hydrogens is 418 g/mol. The van der Waals surface area contributed by atoms with E-state index in [0.717, 1.165) is 22.0 Å².